The first-order valence-electron chi connectivity index (χ1n) is 9.08. The number of aryl methyl sites for hydroxylation is 1. The Kier molecular flexibility index (Phi) is 4.58. The zero-order chi connectivity index (χ0) is 18.8. The van der Waals surface area contributed by atoms with Crippen LogP contribution < -0.4 is 5.32 Å². The number of tetrazole rings is 1. The molecule has 1 N–H and O–H groups in total. The van der Waals surface area contributed by atoms with Crippen LogP contribution in [-0.2, 0) is 0 Å². The van der Waals surface area contributed by atoms with Crippen molar-refractivity contribution in [3.63, 3.8) is 0 Å². The summed E-state index contributed by atoms with van der Waals surface area (Å²) < 4.78 is 1.61. The van der Waals surface area contributed by atoms with Gasteiger partial charge in [-0.1, -0.05) is 37.3 Å². The highest BCUT2D eigenvalue weighted by atomic mass is 16.2. The topological polar surface area (TPSA) is 75.9 Å². The lowest BCUT2D eigenvalue weighted by atomic mass is 10.0. The highest BCUT2D eigenvalue weighted by Gasteiger charge is 2.34. The lowest BCUT2D eigenvalue weighted by molar-refractivity contribution is 0.206. The number of anilines is 1. The molecule has 7 nitrogen and oxygen atoms in total. The fourth-order valence-corrected chi connectivity index (χ4v) is 3.72. The highest BCUT2D eigenvalue weighted by molar-refractivity contribution is 5.90. The summed E-state index contributed by atoms with van der Waals surface area (Å²) in [5.74, 6) is 0.477. The van der Waals surface area contributed by atoms with Gasteiger partial charge in [0.1, 0.15) is 6.33 Å². The Hall–Kier alpha value is -3.22. The second kappa shape index (κ2) is 7.19. The maximum absolute atomic E-state index is 12.9. The fourth-order valence-electron chi connectivity index (χ4n) is 3.72. The Morgan fingerprint density at radius 3 is 2.70 bits per heavy atom. The first-order valence-corrected chi connectivity index (χ1v) is 9.08. The number of nitrogens with zero attached hydrogens (tertiary/aromatic N) is 5. The van der Waals surface area contributed by atoms with E-state index in [0.29, 0.717) is 5.92 Å². The van der Waals surface area contributed by atoms with E-state index in [1.54, 1.807) is 11.0 Å². The van der Waals surface area contributed by atoms with E-state index in [0.717, 1.165) is 29.9 Å². The molecule has 1 saturated heterocycles. The minimum Gasteiger partial charge on any atom is -0.317 e. The van der Waals surface area contributed by atoms with Crippen molar-refractivity contribution >= 4 is 11.7 Å². The van der Waals surface area contributed by atoms with E-state index in [9.17, 15) is 4.79 Å². The van der Waals surface area contributed by atoms with Gasteiger partial charge >= 0.3 is 6.03 Å². The number of hydrogen-bond donors (Lipinski definition) is 1. The van der Waals surface area contributed by atoms with Crippen molar-refractivity contribution in [1.82, 2.24) is 25.1 Å². The molecule has 0 saturated carbocycles. The van der Waals surface area contributed by atoms with Crippen LogP contribution >= 0.6 is 0 Å². The molecule has 0 aliphatic carbocycles. The SMILES string of the molecule is Cc1cc(NC(=O)N2CC(C)CC2c2ccccc2)ccc1-n1cnnn1. The second-order valence-corrected chi connectivity index (χ2v) is 7.11. The van der Waals surface area contributed by atoms with Crippen LogP contribution in [0.25, 0.3) is 5.69 Å². The first kappa shape index (κ1) is 17.2. The minimum absolute atomic E-state index is 0.0669. The number of hydrogen-bond acceptors (Lipinski definition) is 4. The molecule has 1 fully saturated rings. The summed E-state index contributed by atoms with van der Waals surface area (Å²) in [6, 6.07) is 16.0. The van der Waals surface area contributed by atoms with Crippen molar-refractivity contribution in [1.29, 1.82) is 0 Å². The Bertz CT molecular complexity index is 925. The molecule has 3 aromatic rings. The van der Waals surface area contributed by atoms with E-state index in [1.165, 1.54) is 5.56 Å². The standard InChI is InChI=1S/C20H22N6O/c1-14-10-19(16-6-4-3-5-7-16)25(12-14)20(27)22-17-8-9-18(15(2)11-17)26-13-21-23-24-26/h3-9,11,13-14,19H,10,12H2,1-2H3,(H,22,27). The summed E-state index contributed by atoms with van der Waals surface area (Å²) in [6.07, 6.45) is 2.53. The van der Waals surface area contributed by atoms with Gasteiger partial charge in [-0.25, -0.2) is 9.48 Å². The summed E-state index contributed by atoms with van der Waals surface area (Å²) in [7, 11) is 0. The number of urea groups is 1. The molecule has 7 heteroatoms. The average molecular weight is 362 g/mol. The van der Waals surface area contributed by atoms with Gasteiger partial charge in [0, 0.05) is 12.2 Å². The van der Waals surface area contributed by atoms with E-state index in [-0.39, 0.29) is 12.1 Å². The molecular weight excluding hydrogens is 340 g/mol. The van der Waals surface area contributed by atoms with Gasteiger partial charge in [0.15, 0.2) is 0 Å². The van der Waals surface area contributed by atoms with Crippen molar-refractivity contribution in [2.24, 2.45) is 5.92 Å². The number of benzene rings is 2. The van der Waals surface area contributed by atoms with Crippen LogP contribution in [0.2, 0.25) is 0 Å². The lowest BCUT2D eigenvalue weighted by Gasteiger charge is -2.25. The van der Waals surface area contributed by atoms with Crippen LogP contribution in [0.15, 0.2) is 54.9 Å². The van der Waals surface area contributed by atoms with Gasteiger partial charge in [-0.05, 0) is 59.0 Å². The van der Waals surface area contributed by atoms with Gasteiger partial charge in [-0.2, -0.15) is 0 Å². The Labute approximate surface area is 158 Å². The van der Waals surface area contributed by atoms with Crippen molar-refractivity contribution in [3.05, 3.63) is 66.0 Å². The Balaban J connectivity index is 1.52. The van der Waals surface area contributed by atoms with Gasteiger partial charge in [0.05, 0.1) is 11.7 Å². The molecule has 27 heavy (non-hydrogen) atoms. The van der Waals surface area contributed by atoms with Crippen LogP contribution in [0.4, 0.5) is 10.5 Å². The summed E-state index contributed by atoms with van der Waals surface area (Å²) in [5.41, 5.74) is 3.81. The first-order chi connectivity index (χ1) is 13.1. The second-order valence-electron chi connectivity index (χ2n) is 7.11. The van der Waals surface area contributed by atoms with Crippen LogP contribution in [0.1, 0.15) is 30.5 Å². The van der Waals surface area contributed by atoms with E-state index >= 15 is 0 Å². The minimum atomic E-state index is -0.0669. The number of aromatic nitrogens is 4. The van der Waals surface area contributed by atoms with E-state index in [4.69, 9.17) is 0 Å². The highest BCUT2D eigenvalue weighted by Crippen LogP contribution is 2.35. The van der Waals surface area contributed by atoms with Gasteiger partial charge in [-0.3, -0.25) is 0 Å². The maximum Gasteiger partial charge on any atom is 0.322 e. The van der Waals surface area contributed by atoms with Gasteiger partial charge in [-0.15, -0.1) is 5.10 Å². The van der Waals surface area contributed by atoms with Crippen molar-refractivity contribution < 1.29 is 4.79 Å². The molecule has 4 rings (SSSR count). The predicted octanol–water partition coefficient (Wildman–Crippen LogP) is 3.59. The molecule has 2 aromatic carbocycles. The molecule has 1 aliphatic heterocycles. The molecule has 1 aliphatic rings. The molecule has 0 spiro atoms. The molecule has 2 atom stereocenters. The fraction of sp³-hybridized carbons (Fsp3) is 0.300. The largest absolute Gasteiger partial charge is 0.322 e. The summed E-state index contributed by atoms with van der Waals surface area (Å²) in [6.45, 7) is 4.92. The van der Waals surface area contributed by atoms with E-state index < -0.39 is 0 Å². The average Bonchev–Trinajstić information content (AvgIpc) is 3.32. The molecule has 0 bridgehead atoms. The molecule has 2 heterocycles. The Morgan fingerprint density at radius 2 is 2.00 bits per heavy atom. The third-order valence-electron chi connectivity index (χ3n) is 5.00. The van der Waals surface area contributed by atoms with Gasteiger partial charge in [0.2, 0.25) is 0 Å². The van der Waals surface area contributed by atoms with Crippen molar-refractivity contribution in [3.8, 4) is 5.69 Å². The summed E-state index contributed by atoms with van der Waals surface area (Å²) >= 11 is 0. The molecule has 0 radical (unpaired) electrons. The summed E-state index contributed by atoms with van der Waals surface area (Å²) in [4.78, 5) is 14.9. The monoisotopic (exact) mass is 362 g/mol. The predicted molar refractivity (Wildman–Crippen MR) is 103 cm³/mol. The van der Waals surface area contributed by atoms with Crippen LogP contribution in [0.5, 0.6) is 0 Å². The zero-order valence-electron chi connectivity index (χ0n) is 15.4. The van der Waals surface area contributed by atoms with Crippen molar-refractivity contribution in [2.75, 3.05) is 11.9 Å². The maximum atomic E-state index is 12.9. The number of carbonyl (C=O) groups is 1. The lowest BCUT2D eigenvalue weighted by Crippen LogP contribution is -2.34. The number of likely N-dealkylation sites (tertiary alicyclic amines) is 1. The molecule has 2 amide bonds. The molecule has 2 unspecified atom stereocenters. The molecule has 1 aromatic heterocycles. The number of rotatable bonds is 3. The van der Waals surface area contributed by atoms with Crippen LogP contribution in [0, 0.1) is 12.8 Å². The van der Waals surface area contributed by atoms with Crippen molar-refractivity contribution in [2.45, 2.75) is 26.3 Å². The third kappa shape index (κ3) is 3.53. The number of carbonyl (C=O) groups excluding carboxylic acids is 1. The Morgan fingerprint density at radius 1 is 1.19 bits per heavy atom. The number of nitrogens with one attached hydrogen (secondary N) is 1. The smallest absolute Gasteiger partial charge is 0.317 e. The van der Waals surface area contributed by atoms with Gasteiger partial charge in [0.25, 0.3) is 0 Å². The quantitative estimate of drug-likeness (QED) is 0.772. The third-order valence-corrected chi connectivity index (χ3v) is 5.00. The van der Waals surface area contributed by atoms with E-state index in [1.807, 2.05) is 48.2 Å². The normalized spacial score (nSPS) is 19.3. The van der Waals surface area contributed by atoms with Crippen LogP contribution in [0.3, 0.4) is 0 Å². The van der Waals surface area contributed by atoms with Crippen LogP contribution in [-0.4, -0.2) is 37.7 Å². The molecular formula is C20H22N6O. The van der Waals surface area contributed by atoms with Gasteiger partial charge < -0.3 is 10.2 Å². The van der Waals surface area contributed by atoms with E-state index in [2.05, 4.69) is 39.9 Å². The molecule has 138 valence electrons. The number of amides is 2. The zero-order valence-corrected chi connectivity index (χ0v) is 15.4. The summed E-state index contributed by atoms with van der Waals surface area (Å²) in [5, 5.41) is 14.3.